The van der Waals surface area contributed by atoms with Crippen molar-refractivity contribution in [3.63, 3.8) is 0 Å². The molecule has 5 rings (SSSR count). The van der Waals surface area contributed by atoms with Crippen molar-refractivity contribution in [3.05, 3.63) is 63.7 Å². The molecule has 40 heavy (non-hydrogen) atoms. The van der Waals surface area contributed by atoms with Gasteiger partial charge in [0.1, 0.15) is 41.4 Å². The van der Waals surface area contributed by atoms with Crippen molar-refractivity contribution in [1.29, 1.82) is 0 Å². The highest BCUT2D eigenvalue weighted by molar-refractivity contribution is 7.17. The first kappa shape index (κ1) is 27.0. The Morgan fingerprint density at radius 1 is 1.10 bits per heavy atom. The average molecular weight is 567 g/mol. The Hall–Kier alpha value is -4.58. The molecule has 2 aromatic carbocycles. The minimum absolute atomic E-state index is 0.0896. The number of benzene rings is 2. The summed E-state index contributed by atoms with van der Waals surface area (Å²) in [5.41, 5.74) is 0.803. The minimum Gasteiger partial charge on any atom is -0.507 e. The predicted molar refractivity (Wildman–Crippen MR) is 145 cm³/mol. The van der Waals surface area contributed by atoms with Crippen molar-refractivity contribution >= 4 is 39.9 Å². The number of fused-ring (bicyclic) bond motifs is 1. The molecular formula is C28H26N2O9S. The molecule has 1 aromatic heterocycles. The number of rotatable bonds is 7. The number of aliphatic hydroxyl groups excluding tert-OH is 1. The molecule has 0 radical (unpaired) electrons. The number of esters is 1. The number of aromatic nitrogens is 1. The van der Waals surface area contributed by atoms with Gasteiger partial charge in [-0.3, -0.25) is 14.5 Å². The summed E-state index contributed by atoms with van der Waals surface area (Å²) in [6.45, 7) is 4.18. The fourth-order valence-electron chi connectivity index (χ4n) is 4.59. The van der Waals surface area contributed by atoms with Crippen LogP contribution in [0, 0.1) is 6.92 Å². The Labute approximate surface area is 233 Å². The predicted octanol–water partition coefficient (Wildman–Crippen LogP) is 4.04. The molecular weight excluding hydrogens is 540 g/mol. The van der Waals surface area contributed by atoms with Gasteiger partial charge in [0.2, 0.25) is 0 Å². The number of hydrogen-bond donors (Lipinski definition) is 1. The van der Waals surface area contributed by atoms with E-state index in [4.69, 9.17) is 23.7 Å². The number of amides is 1. The summed E-state index contributed by atoms with van der Waals surface area (Å²) in [7, 11) is 2.94. The molecule has 208 valence electrons. The van der Waals surface area contributed by atoms with Crippen molar-refractivity contribution < 1.29 is 43.2 Å². The highest BCUT2D eigenvalue weighted by Crippen LogP contribution is 2.47. The van der Waals surface area contributed by atoms with Crippen LogP contribution >= 0.6 is 11.3 Å². The maximum Gasteiger partial charge on any atom is 0.350 e. The van der Waals surface area contributed by atoms with E-state index in [9.17, 15) is 19.5 Å². The van der Waals surface area contributed by atoms with Crippen molar-refractivity contribution in [2.45, 2.75) is 19.9 Å². The second kappa shape index (κ2) is 10.9. The first-order valence-corrected chi connectivity index (χ1v) is 13.2. The SMILES string of the molecule is CCOC(=O)c1sc(N2C(=O)C(=O)/C(=C(/O)c3ccc4c(c3)OCCO4)C2c2ccc(OC)cc2OC)nc1C. The molecule has 1 N–H and O–H groups in total. The Kier molecular flexibility index (Phi) is 7.35. The summed E-state index contributed by atoms with van der Waals surface area (Å²) in [4.78, 5) is 45.5. The van der Waals surface area contributed by atoms with Crippen LogP contribution in [0.1, 0.15) is 39.5 Å². The van der Waals surface area contributed by atoms with Crippen LogP contribution in [0.5, 0.6) is 23.0 Å². The lowest BCUT2D eigenvalue weighted by molar-refractivity contribution is -0.132. The van der Waals surface area contributed by atoms with E-state index >= 15 is 0 Å². The maximum absolute atomic E-state index is 13.6. The van der Waals surface area contributed by atoms with Crippen LogP contribution < -0.4 is 23.8 Å². The average Bonchev–Trinajstić information content (AvgIpc) is 3.48. The summed E-state index contributed by atoms with van der Waals surface area (Å²) in [6.07, 6.45) is 0. The molecule has 3 heterocycles. The van der Waals surface area contributed by atoms with E-state index in [0.29, 0.717) is 47.5 Å². The standard InChI is InChI=1S/C28H26N2O9S/c1-5-37-27(34)25-14(2)29-28(40-25)30-22(17-8-7-16(35-3)13-19(17)36-4)21(24(32)26(30)33)23(31)15-6-9-18-20(12-15)39-11-10-38-18/h6-9,12-13,22,31H,5,10-11H2,1-4H3/b23-21+. The van der Waals surface area contributed by atoms with Crippen LogP contribution in [0.3, 0.4) is 0 Å². The van der Waals surface area contributed by atoms with E-state index in [1.165, 1.54) is 14.2 Å². The number of hydrogen-bond acceptors (Lipinski definition) is 11. The van der Waals surface area contributed by atoms with Gasteiger partial charge in [0.05, 0.1) is 32.1 Å². The van der Waals surface area contributed by atoms with Crippen molar-refractivity contribution in [2.75, 3.05) is 38.9 Å². The number of carbonyl (C=O) groups excluding carboxylic acids is 3. The lowest BCUT2D eigenvalue weighted by Crippen LogP contribution is -2.29. The molecule has 0 spiro atoms. The van der Waals surface area contributed by atoms with Gasteiger partial charge in [-0.2, -0.15) is 0 Å². The van der Waals surface area contributed by atoms with Crippen molar-refractivity contribution in [3.8, 4) is 23.0 Å². The number of aliphatic hydroxyl groups is 1. The minimum atomic E-state index is -1.14. The Morgan fingerprint density at radius 3 is 2.55 bits per heavy atom. The van der Waals surface area contributed by atoms with E-state index in [1.807, 2.05) is 0 Å². The van der Waals surface area contributed by atoms with Gasteiger partial charge in [-0.15, -0.1) is 0 Å². The van der Waals surface area contributed by atoms with Gasteiger partial charge >= 0.3 is 11.9 Å². The third kappa shape index (κ3) is 4.60. The van der Waals surface area contributed by atoms with Gasteiger partial charge < -0.3 is 28.8 Å². The monoisotopic (exact) mass is 566 g/mol. The fourth-order valence-corrected chi connectivity index (χ4v) is 5.57. The van der Waals surface area contributed by atoms with Gasteiger partial charge in [0.15, 0.2) is 16.6 Å². The zero-order valence-corrected chi connectivity index (χ0v) is 23.0. The molecule has 1 fully saturated rings. The van der Waals surface area contributed by atoms with Gasteiger partial charge in [0.25, 0.3) is 5.78 Å². The summed E-state index contributed by atoms with van der Waals surface area (Å²) < 4.78 is 27.2. The smallest absolute Gasteiger partial charge is 0.350 e. The molecule has 3 aromatic rings. The van der Waals surface area contributed by atoms with E-state index in [0.717, 1.165) is 16.2 Å². The molecule has 2 aliphatic heterocycles. The lowest BCUT2D eigenvalue weighted by Gasteiger charge is -2.25. The third-order valence-electron chi connectivity index (χ3n) is 6.45. The number of thiazole rings is 1. The van der Waals surface area contributed by atoms with Gasteiger partial charge in [0, 0.05) is 17.2 Å². The second-order valence-corrected chi connectivity index (χ2v) is 9.74. The summed E-state index contributed by atoms with van der Waals surface area (Å²) in [5.74, 6) is -1.16. The van der Waals surface area contributed by atoms with Crippen molar-refractivity contribution in [1.82, 2.24) is 4.98 Å². The first-order valence-electron chi connectivity index (χ1n) is 12.4. The van der Waals surface area contributed by atoms with Crippen molar-refractivity contribution in [2.24, 2.45) is 0 Å². The quantitative estimate of drug-likeness (QED) is 0.193. The summed E-state index contributed by atoms with van der Waals surface area (Å²) in [6, 6.07) is 8.51. The zero-order valence-electron chi connectivity index (χ0n) is 22.2. The lowest BCUT2D eigenvalue weighted by atomic mass is 9.94. The number of Topliss-reactive ketones (excluding diaryl/α,β-unsaturated/α-hetero) is 1. The summed E-state index contributed by atoms with van der Waals surface area (Å²) in [5, 5.41) is 11.6. The maximum atomic E-state index is 13.6. The van der Waals surface area contributed by atoms with Gasteiger partial charge in [-0.05, 0) is 44.2 Å². The Bertz CT molecular complexity index is 1540. The number of carbonyl (C=O) groups is 3. The number of ketones is 1. The van der Waals surface area contributed by atoms with Crippen LogP contribution in [0.2, 0.25) is 0 Å². The number of anilines is 1. The number of ether oxygens (including phenoxy) is 5. The molecule has 0 saturated carbocycles. The molecule has 1 amide bonds. The largest absolute Gasteiger partial charge is 0.507 e. The van der Waals surface area contributed by atoms with Gasteiger partial charge in [-0.1, -0.05) is 11.3 Å². The molecule has 0 aliphatic carbocycles. The highest BCUT2D eigenvalue weighted by atomic mass is 32.1. The van der Waals surface area contributed by atoms with E-state index in [1.54, 1.807) is 50.2 Å². The molecule has 1 atom stereocenters. The first-order chi connectivity index (χ1) is 19.3. The topological polar surface area (TPSA) is 134 Å². The number of aryl methyl sites for hydroxylation is 1. The van der Waals surface area contributed by atoms with Crippen LogP contribution in [0.25, 0.3) is 5.76 Å². The summed E-state index contributed by atoms with van der Waals surface area (Å²) >= 11 is 0.919. The zero-order chi connectivity index (χ0) is 28.6. The molecule has 1 unspecified atom stereocenters. The molecule has 0 bridgehead atoms. The van der Waals surface area contributed by atoms with Crippen LogP contribution in [-0.4, -0.2) is 61.8 Å². The van der Waals surface area contributed by atoms with Crippen LogP contribution in [0.15, 0.2) is 42.0 Å². The second-order valence-electron chi connectivity index (χ2n) is 8.77. The van der Waals surface area contributed by atoms with E-state index in [2.05, 4.69) is 4.98 Å². The Morgan fingerprint density at radius 2 is 1.85 bits per heavy atom. The molecule has 12 heteroatoms. The van der Waals surface area contributed by atoms with Gasteiger partial charge in [-0.25, -0.2) is 9.78 Å². The van der Waals surface area contributed by atoms with E-state index in [-0.39, 0.29) is 27.8 Å². The molecule has 2 aliphatic rings. The van der Waals surface area contributed by atoms with E-state index < -0.39 is 29.5 Å². The number of nitrogens with zero attached hydrogens (tertiary/aromatic N) is 2. The third-order valence-corrected chi connectivity index (χ3v) is 7.58. The van der Waals surface area contributed by atoms with Crippen LogP contribution in [0.4, 0.5) is 5.13 Å². The fraction of sp³-hybridized carbons (Fsp3) is 0.286. The Balaban J connectivity index is 1.71. The normalized spacial score (nSPS) is 17.6. The molecule has 1 saturated heterocycles. The highest BCUT2D eigenvalue weighted by Gasteiger charge is 2.49. The van der Waals surface area contributed by atoms with Crippen LogP contribution in [-0.2, 0) is 14.3 Å². The number of methoxy groups -OCH3 is 2. The molecule has 11 nitrogen and oxygen atoms in total.